The van der Waals surface area contributed by atoms with Crippen molar-refractivity contribution in [2.45, 2.75) is 38.5 Å². The van der Waals surface area contributed by atoms with Crippen LogP contribution >= 0.6 is 0 Å². The molecule has 4 N–H and O–H groups in total. The number of nitrogens with zero attached hydrogens (tertiary/aromatic N) is 3. The zero-order valence-corrected chi connectivity index (χ0v) is 18.4. The summed E-state index contributed by atoms with van der Waals surface area (Å²) in [4.78, 5) is 44.5. The van der Waals surface area contributed by atoms with Crippen molar-refractivity contribution in [3.8, 4) is 0 Å². The van der Waals surface area contributed by atoms with Crippen LogP contribution in [0, 0.1) is 5.82 Å². The van der Waals surface area contributed by atoms with Gasteiger partial charge < -0.3 is 20.8 Å². The number of fused-ring (bicyclic) bond motifs is 1. The number of rotatable bonds is 7. The molecule has 9 nitrogen and oxygen atoms in total. The van der Waals surface area contributed by atoms with E-state index in [-0.39, 0.29) is 34.9 Å². The molecule has 2 amide bonds. The van der Waals surface area contributed by atoms with Crippen molar-refractivity contribution in [2.75, 3.05) is 13.1 Å². The van der Waals surface area contributed by atoms with Crippen LogP contribution in [0.1, 0.15) is 39.9 Å². The Morgan fingerprint density at radius 3 is 2.41 bits per heavy atom. The Kier molecular flexibility index (Phi) is 6.71. The minimum absolute atomic E-state index is 0.0145. The van der Waals surface area contributed by atoms with Crippen molar-refractivity contribution in [3.63, 3.8) is 0 Å². The highest BCUT2D eigenvalue weighted by Crippen LogP contribution is 2.23. The van der Waals surface area contributed by atoms with Gasteiger partial charge in [0, 0.05) is 31.3 Å². The summed E-state index contributed by atoms with van der Waals surface area (Å²) in [6.07, 6.45) is 1.39. The molecule has 3 heterocycles. The minimum Gasteiger partial charge on any atom is -0.368 e. The molecular formula is C24H25FN4O5. The Morgan fingerprint density at radius 1 is 1.12 bits per heavy atom. The molecule has 178 valence electrons. The summed E-state index contributed by atoms with van der Waals surface area (Å²) >= 11 is 0. The number of nitrogens with two attached hydrogens (primary N) is 1. The second kappa shape index (κ2) is 9.70. The molecule has 1 fully saturated rings. The lowest BCUT2D eigenvalue weighted by Crippen LogP contribution is -2.38. The molecule has 1 saturated heterocycles. The standard InChI is InChI=1S/C24H25FN4O5/c25-16-5-3-14(4-6-16)9-15-10-18-22(27-12-15)17(11-20(31)32)21(23(26)33)24(34)29(18)13-19(30)28-7-1-2-8-28/h3-6,10,12,20,31-32H,1-2,7-9,11,13H2,(H2,26,33). The quantitative estimate of drug-likeness (QED) is 0.437. The Morgan fingerprint density at radius 2 is 1.79 bits per heavy atom. The summed E-state index contributed by atoms with van der Waals surface area (Å²) in [5.74, 6) is -1.67. The molecule has 0 radical (unpaired) electrons. The predicted octanol–water partition coefficient (Wildman–Crippen LogP) is 0.701. The maximum atomic E-state index is 13.3. The number of halogens is 1. The number of aliphatic hydroxyl groups excluding tert-OH is 1. The molecule has 4 rings (SSSR count). The number of pyridine rings is 2. The number of hydrogen-bond donors (Lipinski definition) is 3. The van der Waals surface area contributed by atoms with Gasteiger partial charge in [-0.15, -0.1) is 0 Å². The van der Waals surface area contributed by atoms with E-state index in [1.165, 1.54) is 22.9 Å². The normalized spacial score (nSPS) is 13.7. The van der Waals surface area contributed by atoms with Crippen molar-refractivity contribution in [2.24, 2.45) is 5.73 Å². The van der Waals surface area contributed by atoms with Gasteiger partial charge in [0.05, 0.1) is 11.0 Å². The number of carbonyl (C=O) groups excluding carboxylic acids is 2. The van der Waals surface area contributed by atoms with Gasteiger partial charge in [0.2, 0.25) is 5.91 Å². The van der Waals surface area contributed by atoms with E-state index in [0.29, 0.717) is 25.1 Å². The highest BCUT2D eigenvalue weighted by atomic mass is 19.1. The van der Waals surface area contributed by atoms with E-state index in [1.54, 1.807) is 23.1 Å². The fraction of sp³-hybridized carbons (Fsp3) is 0.333. The molecule has 0 atom stereocenters. The summed E-state index contributed by atoms with van der Waals surface area (Å²) in [5.41, 5.74) is 6.23. The summed E-state index contributed by atoms with van der Waals surface area (Å²) < 4.78 is 14.4. The van der Waals surface area contributed by atoms with E-state index < -0.39 is 29.7 Å². The molecule has 0 unspecified atom stereocenters. The van der Waals surface area contributed by atoms with Crippen LogP contribution < -0.4 is 11.3 Å². The van der Waals surface area contributed by atoms with E-state index in [9.17, 15) is 29.0 Å². The first-order chi connectivity index (χ1) is 16.2. The van der Waals surface area contributed by atoms with Crippen molar-refractivity contribution in [3.05, 3.63) is 75.0 Å². The first-order valence-corrected chi connectivity index (χ1v) is 11.0. The number of benzene rings is 1. The second-order valence-corrected chi connectivity index (χ2v) is 8.40. The average Bonchev–Trinajstić information content (AvgIpc) is 3.32. The van der Waals surface area contributed by atoms with Crippen molar-refractivity contribution < 1.29 is 24.2 Å². The lowest BCUT2D eigenvalue weighted by atomic mass is 10.0. The first kappa shape index (κ1) is 23.5. The van der Waals surface area contributed by atoms with Gasteiger partial charge >= 0.3 is 0 Å². The van der Waals surface area contributed by atoms with E-state index in [0.717, 1.165) is 18.4 Å². The molecule has 0 saturated carbocycles. The summed E-state index contributed by atoms with van der Waals surface area (Å²) in [5, 5.41) is 19.1. The van der Waals surface area contributed by atoms with Crippen molar-refractivity contribution in [1.82, 2.24) is 14.5 Å². The summed E-state index contributed by atoms with van der Waals surface area (Å²) in [6, 6.07) is 7.62. The Balaban J connectivity index is 1.88. The van der Waals surface area contributed by atoms with Gasteiger partial charge in [0.25, 0.3) is 11.5 Å². The van der Waals surface area contributed by atoms with Crippen LogP contribution in [0.4, 0.5) is 4.39 Å². The molecule has 1 aliphatic rings. The fourth-order valence-electron chi connectivity index (χ4n) is 4.35. The Labute approximate surface area is 194 Å². The van der Waals surface area contributed by atoms with Crippen molar-refractivity contribution in [1.29, 1.82) is 0 Å². The summed E-state index contributed by atoms with van der Waals surface area (Å²) in [6.45, 7) is 0.882. The third-order valence-electron chi connectivity index (χ3n) is 5.97. The number of carbonyl (C=O) groups is 2. The van der Waals surface area contributed by atoms with Gasteiger partial charge in [-0.25, -0.2) is 4.39 Å². The molecule has 1 aromatic carbocycles. The van der Waals surface area contributed by atoms with Crippen LogP contribution in [-0.4, -0.2) is 55.9 Å². The van der Waals surface area contributed by atoms with Gasteiger partial charge in [-0.1, -0.05) is 12.1 Å². The molecule has 34 heavy (non-hydrogen) atoms. The third-order valence-corrected chi connectivity index (χ3v) is 5.97. The molecule has 1 aliphatic heterocycles. The molecular weight excluding hydrogens is 443 g/mol. The number of likely N-dealkylation sites (tertiary alicyclic amines) is 1. The highest BCUT2D eigenvalue weighted by molar-refractivity contribution is 5.98. The average molecular weight is 468 g/mol. The Hall–Kier alpha value is -3.63. The number of primary amides is 1. The van der Waals surface area contributed by atoms with Gasteiger partial charge in [0.15, 0.2) is 6.29 Å². The molecule has 0 spiro atoms. The van der Waals surface area contributed by atoms with Gasteiger partial charge in [-0.05, 0) is 48.6 Å². The Bertz CT molecular complexity index is 1300. The van der Waals surface area contributed by atoms with E-state index in [4.69, 9.17) is 5.73 Å². The van der Waals surface area contributed by atoms with Gasteiger partial charge in [-0.2, -0.15) is 0 Å². The van der Waals surface area contributed by atoms with E-state index in [2.05, 4.69) is 4.98 Å². The largest absolute Gasteiger partial charge is 0.368 e. The molecule has 2 aromatic heterocycles. The van der Waals surface area contributed by atoms with Crippen LogP contribution in [0.2, 0.25) is 0 Å². The molecule has 10 heteroatoms. The monoisotopic (exact) mass is 468 g/mol. The van der Waals surface area contributed by atoms with Crippen LogP contribution in [0.15, 0.2) is 41.3 Å². The molecule has 3 aromatic rings. The topological polar surface area (TPSA) is 139 Å². The molecule has 0 aliphatic carbocycles. The van der Waals surface area contributed by atoms with Crippen LogP contribution in [0.25, 0.3) is 11.0 Å². The smallest absolute Gasteiger partial charge is 0.264 e. The fourth-order valence-corrected chi connectivity index (χ4v) is 4.35. The minimum atomic E-state index is -1.84. The lowest BCUT2D eigenvalue weighted by Gasteiger charge is -2.20. The SMILES string of the molecule is NC(=O)c1c(CC(O)O)c2ncc(Cc3ccc(F)cc3)cc2n(CC(=O)N2CCCC2)c1=O. The van der Waals surface area contributed by atoms with E-state index >= 15 is 0 Å². The zero-order chi connectivity index (χ0) is 24.4. The van der Waals surface area contributed by atoms with Crippen LogP contribution in [0.3, 0.4) is 0 Å². The third kappa shape index (κ3) is 4.82. The summed E-state index contributed by atoms with van der Waals surface area (Å²) in [7, 11) is 0. The zero-order valence-electron chi connectivity index (χ0n) is 18.4. The second-order valence-electron chi connectivity index (χ2n) is 8.40. The predicted molar refractivity (Wildman–Crippen MR) is 121 cm³/mol. The molecule has 0 bridgehead atoms. The lowest BCUT2D eigenvalue weighted by molar-refractivity contribution is -0.130. The van der Waals surface area contributed by atoms with Crippen molar-refractivity contribution >= 4 is 22.8 Å². The maximum absolute atomic E-state index is 13.3. The highest BCUT2D eigenvalue weighted by Gasteiger charge is 2.26. The maximum Gasteiger partial charge on any atom is 0.264 e. The number of hydrogen-bond acceptors (Lipinski definition) is 6. The van der Waals surface area contributed by atoms with Gasteiger partial charge in [0.1, 0.15) is 17.9 Å². The number of aliphatic hydroxyl groups is 2. The number of amides is 2. The van der Waals surface area contributed by atoms with Crippen LogP contribution in [0.5, 0.6) is 0 Å². The van der Waals surface area contributed by atoms with Crippen LogP contribution in [-0.2, 0) is 24.2 Å². The van der Waals surface area contributed by atoms with E-state index in [1.807, 2.05) is 0 Å². The first-order valence-electron chi connectivity index (χ1n) is 11.0. The number of aromatic nitrogens is 2. The van der Waals surface area contributed by atoms with Gasteiger partial charge in [-0.3, -0.25) is 23.9 Å².